The van der Waals surface area contributed by atoms with Gasteiger partial charge in [-0.1, -0.05) is 6.07 Å². The molecule has 0 unspecified atom stereocenters. The lowest BCUT2D eigenvalue weighted by atomic mass is 10.1. The van der Waals surface area contributed by atoms with Crippen molar-refractivity contribution in [2.45, 2.75) is 12.8 Å². The lowest BCUT2D eigenvalue weighted by Crippen LogP contribution is -2.09. The Morgan fingerprint density at radius 3 is 2.65 bits per heavy atom. The average Bonchev–Trinajstić information content (AvgIpc) is 2.45. The van der Waals surface area contributed by atoms with E-state index in [0.29, 0.717) is 5.56 Å². The summed E-state index contributed by atoms with van der Waals surface area (Å²) in [6.45, 7) is -0.0250. The number of benzene rings is 1. The van der Waals surface area contributed by atoms with Gasteiger partial charge in [-0.3, -0.25) is 4.98 Å². The highest BCUT2D eigenvalue weighted by atomic mass is 19.4. The first kappa shape index (κ1) is 13.9. The third-order valence-electron chi connectivity index (χ3n) is 2.53. The minimum absolute atomic E-state index is 0.0250. The number of rotatable bonds is 3. The molecule has 2 rings (SSSR count). The van der Waals surface area contributed by atoms with Crippen LogP contribution in [-0.2, 0) is 12.8 Å². The van der Waals surface area contributed by atoms with Crippen LogP contribution in [-0.4, -0.2) is 4.98 Å². The molecule has 0 aliphatic carbocycles. The van der Waals surface area contributed by atoms with Crippen LogP contribution in [0.5, 0.6) is 5.75 Å². The first-order valence-corrected chi connectivity index (χ1v) is 5.64. The Balaban J connectivity index is 2.25. The number of nitriles is 1. The van der Waals surface area contributed by atoms with Gasteiger partial charge in [0.05, 0.1) is 17.2 Å². The number of ether oxygens (including phenoxy) is 1. The second kappa shape index (κ2) is 5.61. The van der Waals surface area contributed by atoms with E-state index in [-0.39, 0.29) is 17.9 Å². The summed E-state index contributed by atoms with van der Waals surface area (Å²) in [5.74, 6) is -0.305. The topological polar surface area (TPSA) is 45.9 Å². The molecule has 1 aromatic heterocycles. The molecule has 3 nitrogen and oxygen atoms in total. The van der Waals surface area contributed by atoms with Crippen LogP contribution in [0.15, 0.2) is 42.7 Å². The van der Waals surface area contributed by atoms with Crippen molar-refractivity contribution in [2.24, 2.45) is 0 Å². The van der Waals surface area contributed by atoms with E-state index in [1.165, 1.54) is 12.3 Å². The maximum Gasteiger partial charge on any atom is 0.420 e. The maximum absolute atomic E-state index is 12.9. The van der Waals surface area contributed by atoms with Crippen molar-refractivity contribution in [1.82, 2.24) is 4.98 Å². The van der Waals surface area contributed by atoms with Crippen molar-refractivity contribution in [3.8, 4) is 11.8 Å². The number of pyridine rings is 1. The molecule has 0 bridgehead atoms. The zero-order valence-corrected chi connectivity index (χ0v) is 10.2. The monoisotopic (exact) mass is 278 g/mol. The van der Waals surface area contributed by atoms with Crippen molar-refractivity contribution in [3.05, 3.63) is 59.4 Å². The zero-order valence-electron chi connectivity index (χ0n) is 10.2. The molecule has 0 spiro atoms. The highest BCUT2D eigenvalue weighted by Gasteiger charge is 2.34. The second-order valence-corrected chi connectivity index (χ2v) is 3.97. The Bertz CT molecular complexity index is 633. The summed E-state index contributed by atoms with van der Waals surface area (Å²) in [7, 11) is 0. The predicted octanol–water partition coefficient (Wildman–Crippen LogP) is 3.55. The van der Waals surface area contributed by atoms with Gasteiger partial charge in [-0.05, 0) is 24.3 Å². The third-order valence-corrected chi connectivity index (χ3v) is 2.53. The lowest BCUT2D eigenvalue weighted by molar-refractivity contribution is -0.139. The van der Waals surface area contributed by atoms with Crippen LogP contribution >= 0.6 is 0 Å². The van der Waals surface area contributed by atoms with Gasteiger partial charge in [0, 0.05) is 18.0 Å². The quantitative estimate of drug-likeness (QED) is 0.862. The summed E-state index contributed by atoms with van der Waals surface area (Å²) in [5, 5.41) is 8.66. The standard InChI is InChI=1S/C14H9F3N2O/c15-14(16,17)12-6-10(7-18)3-4-13(12)20-9-11-2-1-5-19-8-11/h1-6,8H,9H2. The predicted molar refractivity (Wildman–Crippen MR) is 64.7 cm³/mol. The Hall–Kier alpha value is -2.55. The molecule has 6 heteroatoms. The fourth-order valence-electron chi connectivity index (χ4n) is 1.59. The third kappa shape index (κ3) is 3.26. The van der Waals surface area contributed by atoms with Gasteiger partial charge < -0.3 is 4.74 Å². The van der Waals surface area contributed by atoms with Gasteiger partial charge in [-0.2, -0.15) is 18.4 Å². The van der Waals surface area contributed by atoms with Crippen LogP contribution < -0.4 is 4.74 Å². The maximum atomic E-state index is 12.9. The summed E-state index contributed by atoms with van der Waals surface area (Å²) in [5.41, 5.74) is -0.364. The largest absolute Gasteiger partial charge is 0.488 e. The van der Waals surface area contributed by atoms with Gasteiger partial charge in [0.2, 0.25) is 0 Å². The van der Waals surface area contributed by atoms with Crippen LogP contribution in [0.2, 0.25) is 0 Å². The van der Waals surface area contributed by atoms with E-state index in [9.17, 15) is 13.2 Å². The molecule has 0 saturated heterocycles. The number of hydrogen-bond donors (Lipinski definition) is 0. The molecule has 0 N–H and O–H groups in total. The Morgan fingerprint density at radius 1 is 1.25 bits per heavy atom. The first-order valence-electron chi connectivity index (χ1n) is 5.64. The van der Waals surface area contributed by atoms with Gasteiger partial charge in [-0.15, -0.1) is 0 Å². The van der Waals surface area contributed by atoms with Crippen molar-refractivity contribution < 1.29 is 17.9 Å². The smallest absolute Gasteiger partial charge is 0.420 e. The van der Waals surface area contributed by atoms with Gasteiger partial charge in [0.25, 0.3) is 0 Å². The van der Waals surface area contributed by atoms with Crippen molar-refractivity contribution >= 4 is 0 Å². The molecule has 20 heavy (non-hydrogen) atoms. The molecule has 0 fully saturated rings. The summed E-state index contributed by atoms with van der Waals surface area (Å²) in [6.07, 6.45) is -1.50. The van der Waals surface area contributed by atoms with Crippen molar-refractivity contribution in [2.75, 3.05) is 0 Å². The number of hydrogen-bond acceptors (Lipinski definition) is 3. The number of aromatic nitrogens is 1. The van der Waals surface area contributed by atoms with Crippen molar-refractivity contribution in [1.29, 1.82) is 5.26 Å². The SMILES string of the molecule is N#Cc1ccc(OCc2cccnc2)c(C(F)(F)F)c1. The molecule has 0 radical (unpaired) electrons. The fraction of sp³-hybridized carbons (Fsp3) is 0.143. The minimum Gasteiger partial charge on any atom is -0.488 e. The molecule has 102 valence electrons. The second-order valence-electron chi connectivity index (χ2n) is 3.97. The molecule has 0 amide bonds. The van der Waals surface area contributed by atoms with Gasteiger partial charge in [0.1, 0.15) is 12.4 Å². The van der Waals surface area contributed by atoms with Crippen LogP contribution in [0.3, 0.4) is 0 Å². The number of alkyl halides is 3. The van der Waals surface area contributed by atoms with E-state index < -0.39 is 11.7 Å². The van der Waals surface area contributed by atoms with E-state index in [0.717, 1.165) is 12.1 Å². The van der Waals surface area contributed by atoms with Gasteiger partial charge >= 0.3 is 6.18 Å². The fourth-order valence-corrected chi connectivity index (χ4v) is 1.59. The van der Waals surface area contributed by atoms with E-state index in [4.69, 9.17) is 10.00 Å². The normalized spacial score (nSPS) is 10.9. The average molecular weight is 278 g/mol. The summed E-state index contributed by atoms with van der Waals surface area (Å²) in [4.78, 5) is 3.85. The summed E-state index contributed by atoms with van der Waals surface area (Å²) >= 11 is 0. The Labute approximate surface area is 113 Å². The highest BCUT2D eigenvalue weighted by molar-refractivity contribution is 5.43. The van der Waals surface area contributed by atoms with Crippen LogP contribution in [0, 0.1) is 11.3 Å². The van der Waals surface area contributed by atoms with Crippen LogP contribution in [0.4, 0.5) is 13.2 Å². The minimum atomic E-state index is -4.57. The lowest BCUT2D eigenvalue weighted by Gasteiger charge is -2.14. The summed E-state index contributed by atoms with van der Waals surface area (Å²) < 4.78 is 43.8. The van der Waals surface area contributed by atoms with Crippen molar-refractivity contribution in [3.63, 3.8) is 0 Å². The van der Waals surface area contributed by atoms with Crippen LogP contribution in [0.1, 0.15) is 16.7 Å². The molecule has 0 aliphatic heterocycles. The molecule has 2 aromatic rings. The van der Waals surface area contributed by atoms with Gasteiger partial charge in [-0.25, -0.2) is 0 Å². The van der Waals surface area contributed by atoms with Gasteiger partial charge in [0.15, 0.2) is 0 Å². The van der Waals surface area contributed by atoms with E-state index >= 15 is 0 Å². The Morgan fingerprint density at radius 2 is 2.05 bits per heavy atom. The molecular formula is C14H9F3N2O. The molecule has 1 heterocycles. The van der Waals surface area contributed by atoms with E-state index in [1.807, 2.05) is 0 Å². The Kier molecular flexibility index (Phi) is 3.89. The zero-order chi connectivity index (χ0) is 14.6. The number of halogens is 3. The number of nitrogens with zero attached hydrogens (tertiary/aromatic N) is 2. The van der Waals surface area contributed by atoms with Crippen LogP contribution in [0.25, 0.3) is 0 Å². The molecule has 1 aromatic carbocycles. The molecular weight excluding hydrogens is 269 g/mol. The first-order chi connectivity index (χ1) is 9.50. The van der Waals surface area contributed by atoms with E-state index in [1.54, 1.807) is 24.4 Å². The molecule has 0 atom stereocenters. The highest BCUT2D eigenvalue weighted by Crippen LogP contribution is 2.37. The summed E-state index contributed by atoms with van der Waals surface area (Å²) in [6, 6.07) is 8.25. The van der Waals surface area contributed by atoms with E-state index in [2.05, 4.69) is 4.98 Å². The molecule has 0 saturated carbocycles. The molecule has 0 aliphatic rings.